The summed E-state index contributed by atoms with van der Waals surface area (Å²) in [4.78, 5) is 0. The van der Waals surface area contributed by atoms with Gasteiger partial charge in [-0.2, -0.15) is 5.26 Å². The van der Waals surface area contributed by atoms with Gasteiger partial charge in [-0.05, 0) is 24.1 Å². The summed E-state index contributed by atoms with van der Waals surface area (Å²) in [5.74, 6) is 0.745. The zero-order valence-corrected chi connectivity index (χ0v) is 8.81. The van der Waals surface area contributed by atoms with E-state index in [4.69, 9.17) is 15.1 Å². The molecule has 0 aliphatic heterocycles. The minimum atomic E-state index is -0.0463. The van der Waals surface area contributed by atoms with E-state index in [9.17, 15) is 0 Å². The Bertz CT molecular complexity index is 326. The quantitative estimate of drug-likeness (QED) is 0.802. The van der Waals surface area contributed by atoms with Gasteiger partial charge in [0, 0.05) is 0 Å². The fraction of sp³-hybridized carbons (Fsp3) is 0.417. The molecule has 1 atom stereocenters. The minimum absolute atomic E-state index is 0.0374. The van der Waals surface area contributed by atoms with Gasteiger partial charge in [0.2, 0.25) is 0 Å². The highest BCUT2D eigenvalue weighted by atomic mass is 16.5. The van der Waals surface area contributed by atoms with Gasteiger partial charge in [-0.15, -0.1) is 0 Å². The fourth-order valence-corrected chi connectivity index (χ4v) is 1.24. The molecule has 15 heavy (non-hydrogen) atoms. The number of aliphatic hydroxyl groups is 1. The van der Waals surface area contributed by atoms with Crippen LogP contribution in [0.4, 0.5) is 0 Å². The number of nitrogens with zero attached hydrogens (tertiary/aromatic N) is 1. The van der Waals surface area contributed by atoms with E-state index in [1.807, 2.05) is 31.2 Å². The zero-order valence-electron chi connectivity index (χ0n) is 8.81. The first kappa shape index (κ1) is 11.5. The van der Waals surface area contributed by atoms with Gasteiger partial charge < -0.3 is 9.84 Å². The van der Waals surface area contributed by atoms with E-state index in [-0.39, 0.29) is 12.7 Å². The van der Waals surface area contributed by atoms with Crippen molar-refractivity contribution in [1.29, 1.82) is 5.26 Å². The average Bonchev–Trinajstić information content (AvgIpc) is 2.29. The summed E-state index contributed by atoms with van der Waals surface area (Å²) < 4.78 is 5.60. The summed E-state index contributed by atoms with van der Waals surface area (Å²) in [7, 11) is 0. The molecule has 1 N–H and O–H groups in total. The van der Waals surface area contributed by atoms with Crippen LogP contribution in [-0.4, -0.2) is 11.2 Å². The summed E-state index contributed by atoms with van der Waals surface area (Å²) in [6.45, 7) is 2.03. The fourth-order valence-electron chi connectivity index (χ4n) is 1.24. The zero-order chi connectivity index (χ0) is 11.1. The van der Waals surface area contributed by atoms with Gasteiger partial charge in [0.25, 0.3) is 0 Å². The minimum Gasteiger partial charge on any atom is -0.489 e. The van der Waals surface area contributed by atoms with Crippen LogP contribution in [0, 0.1) is 11.3 Å². The van der Waals surface area contributed by atoms with Crippen molar-refractivity contribution >= 4 is 0 Å². The van der Waals surface area contributed by atoms with E-state index in [0.29, 0.717) is 6.42 Å². The molecule has 0 aliphatic carbocycles. The SMILES string of the molecule is CCC(CC#N)Oc1ccc(CO)cc1. The average molecular weight is 205 g/mol. The van der Waals surface area contributed by atoms with Crippen LogP contribution < -0.4 is 4.74 Å². The third kappa shape index (κ3) is 3.61. The summed E-state index contributed by atoms with van der Waals surface area (Å²) in [5, 5.41) is 17.4. The molecule has 0 spiro atoms. The first-order valence-corrected chi connectivity index (χ1v) is 5.03. The molecule has 1 unspecified atom stereocenters. The number of hydrogen-bond donors (Lipinski definition) is 1. The predicted molar refractivity (Wildman–Crippen MR) is 57.3 cm³/mol. The lowest BCUT2D eigenvalue weighted by molar-refractivity contribution is 0.202. The van der Waals surface area contributed by atoms with Crippen molar-refractivity contribution in [2.75, 3.05) is 0 Å². The van der Waals surface area contributed by atoms with Crippen LogP contribution in [0.25, 0.3) is 0 Å². The molecular weight excluding hydrogens is 190 g/mol. The molecule has 0 aliphatic rings. The van der Waals surface area contributed by atoms with Crippen LogP contribution in [0.3, 0.4) is 0 Å². The maximum Gasteiger partial charge on any atom is 0.119 e. The van der Waals surface area contributed by atoms with Crippen LogP contribution in [0.5, 0.6) is 5.75 Å². The maximum atomic E-state index is 8.86. The van der Waals surface area contributed by atoms with Crippen molar-refractivity contribution in [3.63, 3.8) is 0 Å². The van der Waals surface area contributed by atoms with E-state index in [0.717, 1.165) is 17.7 Å². The molecule has 80 valence electrons. The maximum absolute atomic E-state index is 8.86. The molecule has 3 heteroatoms. The number of nitriles is 1. The Kier molecular flexibility index (Phi) is 4.65. The Morgan fingerprint density at radius 3 is 2.53 bits per heavy atom. The second-order valence-corrected chi connectivity index (χ2v) is 3.31. The van der Waals surface area contributed by atoms with E-state index < -0.39 is 0 Å². The van der Waals surface area contributed by atoms with Crippen LogP contribution in [0.1, 0.15) is 25.3 Å². The highest BCUT2D eigenvalue weighted by molar-refractivity contribution is 5.27. The number of hydrogen-bond acceptors (Lipinski definition) is 3. The molecule has 0 bridgehead atoms. The summed E-state index contributed by atoms with van der Waals surface area (Å²) in [6, 6.07) is 9.35. The molecule has 1 rings (SSSR count). The number of aliphatic hydroxyl groups excluding tert-OH is 1. The van der Waals surface area contributed by atoms with E-state index in [2.05, 4.69) is 6.07 Å². The Hall–Kier alpha value is -1.53. The molecule has 0 aromatic heterocycles. The Morgan fingerprint density at radius 1 is 1.40 bits per heavy atom. The first-order valence-electron chi connectivity index (χ1n) is 5.03. The lowest BCUT2D eigenvalue weighted by Crippen LogP contribution is -2.14. The molecule has 1 aromatic rings. The number of rotatable bonds is 5. The van der Waals surface area contributed by atoms with Crippen molar-refractivity contribution in [3.8, 4) is 11.8 Å². The molecule has 0 fully saturated rings. The molecule has 0 heterocycles. The molecule has 0 radical (unpaired) electrons. The van der Waals surface area contributed by atoms with Crippen LogP contribution in [-0.2, 0) is 6.61 Å². The normalized spacial score (nSPS) is 11.8. The Balaban J connectivity index is 2.59. The lowest BCUT2D eigenvalue weighted by atomic mass is 10.2. The smallest absolute Gasteiger partial charge is 0.119 e. The second kappa shape index (κ2) is 6.05. The van der Waals surface area contributed by atoms with Gasteiger partial charge >= 0.3 is 0 Å². The predicted octanol–water partition coefficient (Wildman–Crippen LogP) is 2.25. The van der Waals surface area contributed by atoms with Crippen LogP contribution in [0.2, 0.25) is 0 Å². The largest absolute Gasteiger partial charge is 0.489 e. The van der Waals surface area contributed by atoms with Gasteiger partial charge in [0.15, 0.2) is 0 Å². The van der Waals surface area contributed by atoms with Gasteiger partial charge in [0.1, 0.15) is 11.9 Å². The third-order valence-corrected chi connectivity index (χ3v) is 2.18. The summed E-state index contributed by atoms with van der Waals surface area (Å²) >= 11 is 0. The van der Waals surface area contributed by atoms with Crippen LogP contribution in [0.15, 0.2) is 24.3 Å². The van der Waals surface area contributed by atoms with Gasteiger partial charge in [-0.25, -0.2) is 0 Å². The van der Waals surface area contributed by atoms with Crippen molar-refractivity contribution < 1.29 is 9.84 Å². The van der Waals surface area contributed by atoms with Gasteiger partial charge in [0.05, 0.1) is 19.1 Å². The van der Waals surface area contributed by atoms with E-state index in [1.165, 1.54) is 0 Å². The molecule has 3 nitrogen and oxygen atoms in total. The summed E-state index contributed by atoms with van der Waals surface area (Å²) in [5.41, 5.74) is 0.857. The van der Waals surface area contributed by atoms with Gasteiger partial charge in [-0.3, -0.25) is 0 Å². The molecule has 0 saturated carbocycles. The van der Waals surface area contributed by atoms with Crippen molar-refractivity contribution in [2.24, 2.45) is 0 Å². The Morgan fingerprint density at radius 2 is 2.07 bits per heavy atom. The first-order chi connectivity index (χ1) is 7.30. The van der Waals surface area contributed by atoms with Crippen molar-refractivity contribution in [2.45, 2.75) is 32.5 Å². The highest BCUT2D eigenvalue weighted by Crippen LogP contribution is 2.16. The molecular formula is C12H15NO2. The summed E-state index contributed by atoms with van der Waals surface area (Å²) in [6.07, 6.45) is 1.17. The number of benzene rings is 1. The molecule has 0 amide bonds. The number of ether oxygens (including phenoxy) is 1. The molecule has 0 saturated heterocycles. The van der Waals surface area contributed by atoms with E-state index in [1.54, 1.807) is 0 Å². The standard InChI is InChI=1S/C12H15NO2/c1-2-11(7-8-13)15-12-5-3-10(9-14)4-6-12/h3-6,11,14H,2,7,9H2,1H3. The van der Waals surface area contributed by atoms with Gasteiger partial charge in [-0.1, -0.05) is 19.1 Å². The topological polar surface area (TPSA) is 53.2 Å². The lowest BCUT2D eigenvalue weighted by Gasteiger charge is -2.14. The van der Waals surface area contributed by atoms with Crippen molar-refractivity contribution in [1.82, 2.24) is 0 Å². The second-order valence-electron chi connectivity index (χ2n) is 3.31. The molecule has 1 aromatic carbocycles. The monoisotopic (exact) mass is 205 g/mol. The highest BCUT2D eigenvalue weighted by Gasteiger charge is 2.06. The third-order valence-electron chi connectivity index (χ3n) is 2.18. The van der Waals surface area contributed by atoms with Crippen LogP contribution >= 0.6 is 0 Å². The van der Waals surface area contributed by atoms with E-state index >= 15 is 0 Å². The Labute approximate surface area is 89.9 Å². The van der Waals surface area contributed by atoms with Crippen molar-refractivity contribution in [3.05, 3.63) is 29.8 Å².